The molecule has 1 heterocycles. The summed E-state index contributed by atoms with van der Waals surface area (Å²) in [5.74, 6) is 0. The molecular formula is C24H32N2. The second-order valence-corrected chi connectivity index (χ2v) is 9.26. The molecule has 0 aliphatic carbocycles. The van der Waals surface area contributed by atoms with Crippen molar-refractivity contribution in [1.29, 1.82) is 0 Å². The molecule has 0 saturated carbocycles. The minimum atomic E-state index is 0.112. The fourth-order valence-corrected chi connectivity index (χ4v) is 4.10. The van der Waals surface area contributed by atoms with Gasteiger partial charge in [-0.15, -0.1) is 0 Å². The van der Waals surface area contributed by atoms with Crippen LogP contribution < -0.4 is 5.32 Å². The molecule has 0 amide bonds. The first-order valence-electron chi connectivity index (χ1n) is 9.59. The summed E-state index contributed by atoms with van der Waals surface area (Å²) >= 11 is 0. The van der Waals surface area contributed by atoms with Crippen LogP contribution >= 0.6 is 0 Å². The Hall–Kier alpha value is -2.06. The zero-order chi connectivity index (χ0) is 18.8. The highest BCUT2D eigenvalue weighted by Gasteiger charge is 2.25. The Morgan fingerprint density at radius 3 is 2.19 bits per heavy atom. The molecule has 0 spiro atoms. The van der Waals surface area contributed by atoms with E-state index in [0.29, 0.717) is 5.41 Å². The summed E-state index contributed by atoms with van der Waals surface area (Å²) in [5, 5.41) is 5.14. The van der Waals surface area contributed by atoms with Crippen molar-refractivity contribution in [3.63, 3.8) is 0 Å². The van der Waals surface area contributed by atoms with E-state index in [1.807, 2.05) is 0 Å². The van der Waals surface area contributed by atoms with Crippen LogP contribution in [0, 0.1) is 5.41 Å². The van der Waals surface area contributed by atoms with E-state index in [1.165, 1.54) is 22.0 Å². The van der Waals surface area contributed by atoms with Crippen molar-refractivity contribution in [3.05, 3.63) is 71.9 Å². The van der Waals surface area contributed by atoms with Crippen LogP contribution in [-0.2, 0) is 13.1 Å². The van der Waals surface area contributed by atoms with Crippen molar-refractivity contribution in [3.8, 4) is 0 Å². The van der Waals surface area contributed by atoms with Crippen LogP contribution in [0.1, 0.15) is 52.2 Å². The molecule has 1 aromatic heterocycles. The van der Waals surface area contributed by atoms with Gasteiger partial charge in [-0.1, -0.05) is 69.3 Å². The molecule has 3 rings (SSSR count). The van der Waals surface area contributed by atoms with Gasteiger partial charge in [-0.25, -0.2) is 0 Å². The number of aromatic nitrogens is 1. The molecule has 0 saturated heterocycles. The number of para-hydroxylation sites is 1. The Balaban J connectivity index is 1.83. The van der Waals surface area contributed by atoms with Crippen molar-refractivity contribution in [1.82, 2.24) is 9.88 Å². The van der Waals surface area contributed by atoms with Crippen LogP contribution in [0.5, 0.6) is 0 Å². The molecule has 2 heteroatoms. The first kappa shape index (κ1) is 18.7. The Bertz CT molecular complexity index is 851. The third-order valence-corrected chi connectivity index (χ3v) is 4.80. The van der Waals surface area contributed by atoms with E-state index in [1.54, 1.807) is 0 Å². The molecule has 0 atom stereocenters. The normalized spacial score (nSPS) is 12.7. The third-order valence-electron chi connectivity index (χ3n) is 4.80. The number of nitrogens with one attached hydrogen (secondary N) is 1. The first-order chi connectivity index (χ1) is 12.2. The van der Waals surface area contributed by atoms with E-state index in [-0.39, 0.29) is 5.54 Å². The fourth-order valence-electron chi connectivity index (χ4n) is 4.10. The predicted octanol–water partition coefficient (Wildman–Crippen LogP) is 5.99. The molecule has 1 N–H and O–H groups in total. The number of hydrogen-bond donors (Lipinski definition) is 1. The quantitative estimate of drug-likeness (QED) is 0.578. The molecule has 138 valence electrons. The standard InChI is InChI=1S/C24H32N2/c1-23(2,3)18-24(4,5)25-15-20-17-26(16-19-11-7-6-8-12-19)22-14-10-9-13-21(20)22/h6-14,17,25H,15-16,18H2,1-5H3. The van der Waals surface area contributed by atoms with Gasteiger partial charge in [0.25, 0.3) is 0 Å². The lowest BCUT2D eigenvalue weighted by Crippen LogP contribution is -2.41. The molecule has 0 aliphatic heterocycles. The smallest absolute Gasteiger partial charge is 0.0486 e. The van der Waals surface area contributed by atoms with Gasteiger partial charge in [0, 0.05) is 35.7 Å². The van der Waals surface area contributed by atoms with Gasteiger partial charge in [0.2, 0.25) is 0 Å². The van der Waals surface area contributed by atoms with Crippen LogP contribution in [0.2, 0.25) is 0 Å². The van der Waals surface area contributed by atoms with Gasteiger partial charge < -0.3 is 9.88 Å². The molecule has 0 radical (unpaired) electrons. The van der Waals surface area contributed by atoms with Crippen LogP contribution in [0.3, 0.4) is 0 Å². The zero-order valence-electron chi connectivity index (χ0n) is 16.8. The molecule has 26 heavy (non-hydrogen) atoms. The average Bonchev–Trinajstić information content (AvgIpc) is 2.90. The van der Waals surface area contributed by atoms with Crippen LogP contribution in [0.15, 0.2) is 60.8 Å². The highest BCUT2D eigenvalue weighted by Crippen LogP contribution is 2.28. The Kier molecular flexibility index (Phi) is 5.24. The van der Waals surface area contributed by atoms with Gasteiger partial charge >= 0.3 is 0 Å². The van der Waals surface area contributed by atoms with E-state index < -0.39 is 0 Å². The summed E-state index contributed by atoms with van der Waals surface area (Å²) in [6.07, 6.45) is 3.46. The first-order valence-corrected chi connectivity index (χ1v) is 9.59. The lowest BCUT2D eigenvalue weighted by atomic mass is 9.82. The van der Waals surface area contributed by atoms with Gasteiger partial charge in [0.15, 0.2) is 0 Å². The van der Waals surface area contributed by atoms with Crippen molar-refractivity contribution in [2.24, 2.45) is 5.41 Å². The number of benzene rings is 2. The highest BCUT2D eigenvalue weighted by molar-refractivity contribution is 5.84. The number of hydrogen-bond acceptors (Lipinski definition) is 1. The van der Waals surface area contributed by atoms with Crippen molar-refractivity contribution < 1.29 is 0 Å². The van der Waals surface area contributed by atoms with E-state index in [4.69, 9.17) is 0 Å². The monoisotopic (exact) mass is 348 g/mol. The molecule has 0 fully saturated rings. The molecule has 0 unspecified atom stereocenters. The van der Waals surface area contributed by atoms with Crippen molar-refractivity contribution >= 4 is 10.9 Å². The summed E-state index contributed by atoms with van der Waals surface area (Å²) in [6.45, 7) is 13.3. The molecule has 2 aromatic carbocycles. The second-order valence-electron chi connectivity index (χ2n) is 9.26. The largest absolute Gasteiger partial charge is 0.343 e. The lowest BCUT2D eigenvalue weighted by Gasteiger charge is -2.33. The van der Waals surface area contributed by atoms with E-state index in [9.17, 15) is 0 Å². The Labute approximate surface area is 158 Å². The summed E-state index contributed by atoms with van der Waals surface area (Å²) in [7, 11) is 0. The minimum absolute atomic E-state index is 0.112. The van der Waals surface area contributed by atoms with Gasteiger partial charge in [-0.3, -0.25) is 0 Å². The molecule has 0 bridgehead atoms. The van der Waals surface area contributed by atoms with Gasteiger partial charge in [-0.05, 0) is 42.9 Å². The maximum Gasteiger partial charge on any atom is 0.0486 e. The summed E-state index contributed by atoms with van der Waals surface area (Å²) in [6, 6.07) is 19.4. The lowest BCUT2D eigenvalue weighted by molar-refractivity contribution is 0.241. The Morgan fingerprint density at radius 2 is 1.50 bits per heavy atom. The summed E-state index contributed by atoms with van der Waals surface area (Å²) < 4.78 is 2.37. The number of fused-ring (bicyclic) bond motifs is 1. The minimum Gasteiger partial charge on any atom is -0.343 e. The van der Waals surface area contributed by atoms with Gasteiger partial charge in [0.05, 0.1) is 0 Å². The highest BCUT2D eigenvalue weighted by atomic mass is 15.0. The van der Waals surface area contributed by atoms with Gasteiger partial charge in [0.1, 0.15) is 0 Å². The SMILES string of the molecule is CC(C)(C)CC(C)(C)NCc1cn(Cc2ccccc2)c2ccccc12. The van der Waals surface area contributed by atoms with Crippen LogP contribution in [-0.4, -0.2) is 10.1 Å². The van der Waals surface area contributed by atoms with E-state index in [0.717, 1.165) is 19.5 Å². The van der Waals surface area contributed by atoms with E-state index >= 15 is 0 Å². The number of nitrogens with zero attached hydrogens (tertiary/aromatic N) is 1. The van der Waals surface area contributed by atoms with Crippen LogP contribution in [0.4, 0.5) is 0 Å². The topological polar surface area (TPSA) is 17.0 Å². The molecule has 3 aromatic rings. The average molecular weight is 349 g/mol. The predicted molar refractivity (Wildman–Crippen MR) is 112 cm³/mol. The third kappa shape index (κ3) is 4.76. The molecule has 0 aliphatic rings. The molecular weight excluding hydrogens is 316 g/mol. The molecule has 2 nitrogen and oxygen atoms in total. The maximum atomic E-state index is 3.79. The van der Waals surface area contributed by atoms with Crippen molar-refractivity contribution in [2.45, 2.75) is 59.7 Å². The summed E-state index contributed by atoms with van der Waals surface area (Å²) in [5.41, 5.74) is 4.44. The maximum absolute atomic E-state index is 3.79. The van der Waals surface area contributed by atoms with Gasteiger partial charge in [-0.2, -0.15) is 0 Å². The van der Waals surface area contributed by atoms with Crippen molar-refractivity contribution in [2.75, 3.05) is 0 Å². The fraction of sp³-hybridized carbons (Fsp3) is 0.417. The van der Waals surface area contributed by atoms with E-state index in [2.05, 4.69) is 105 Å². The van der Waals surface area contributed by atoms with Crippen LogP contribution in [0.25, 0.3) is 10.9 Å². The zero-order valence-corrected chi connectivity index (χ0v) is 16.8. The summed E-state index contributed by atoms with van der Waals surface area (Å²) in [4.78, 5) is 0. The Morgan fingerprint density at radius 1 is 0.846 bits per heavy atom. The number of rotatable bonds is 6. The second kappa shape index (κ2) is 7.28.